The smallest absolute Gasteiger partial charge is 0.160 e. The van der Waals surface area contributed by atoms with Gasteiger partial charge in [-0.2, -0.15) is 0 Å². The van der Waals surface area contributed by atoms with Gasteiger partial charge in [0.05, 0.1) is 25.1 Å². The molecule has 1 aromatic rings. The number of hydrogen-bond acceptors (Lipinski definition) is 9. The van der Waals surface area contributed by atoms with E-state index < -0.39 is 18.1 Å². The zero-order valence-corrected chi connectivity index (χ0v) is 30.4. The Kier molecular flexibility index (Phi) is 12.5. The van der Waals surface area contributed by atoms with Crippen molar-refractivity contribution in [2.45, 2.75) is 133 Å². The predicted octanol–water partition coefficient (Wildman–Crippen LogP) is 5.31. The minimum absolute atomic E-state index is 0.0227. The second-order valence-electron chi connectivity index (χ2n) is 16.1. The number of aliphatic hydroxyl groups excluding tert-OH is 2. The Labute approximate surface area is 303 Å². The van der Waals surface area contributed by atoms with Crippen LogP contribution in [0.4, 0.5) is 0 Å². The largest absolute Gasteiger partial charge is 0.504 e. The molecule has 5 aliphatic rings. The van der Waals surface area contributed by atoms with E-state index in [1.807, 2.05) is 6.08 Å². The number of rotatable bonds is 13. The first-order chi connectivity index (χ1) is 24.6. The number of benzene rings is 1. The van der Waals surface area contributed by atoms with E-state index in [2.05, 4.69) is 28.6 Å². The van der Waals surface area contributed by atoms with Crippen LogP contribution >= 0.6 is 0 Å². The highest BCUT2D eigenvalue weighted by Crippen LogP contribution is 2.52. The number of dihydropyridines is 1. The lowest BCUT2D eigenvalue weighted by molar-refractivity contribution is -0.124. The van der Waals surface area contributed by atoms with E-state index in [-0.39, 0.29) is 29.3 Å². The van der Waals surface area contributed by atoms with Crippen LogP contribution in [0.3, 0.4) is 0 Å². The molecule has 0 spiro atoms. The van der Waals surface area contributed by atoms with Gasteiger partial charge in [-0.05, 0) is 129 Å². The molecular weight excluding hydrogens is 642 g/mol. The van der Waals surface area contributed by atoms with Gasteiger partial charge in [0.25, 0.3) is 0 Å². The highest BCUT2D eigenvalue weighted by molar-refractivity contribution is 5.85. The lowest BCUT2D eigenvalue weighted by Gasteiger charge is -2.47. The number of Topliss-reactive ketones (excluding diaryl/α,β-unsaturated/α-hetero) is 2. The summed E-state index contributed by atoms with van der Waals surface area (Å²) in [6.45, 7) is 1.66. The van der Waals surface area contributed by atoms with Crippen molar-refractivity contribution in [1.29, 1.82) is 0 Å². The first-order valence-corrected chi connectivity index (χ1v) is 19.6. The second-order valence-corrected chi connectivity index (χ2v) is 16.1. The van der Waals surface area contributed by atoms with Crippen LogP contribution in [0, 0.1) is 35.0 Å². The molecule has 0 radical (unpaired) electrons. The minimum Gasteiger partial charge on any atom is -0.504 e. The molecule has 6 rings (SSSR count). The summed E-state index contributed by atoms with van der Waals surface area (Å²) in [4.78, 5) is 25.7. The number of nitrogens with two attached hydrogens (primary N) is 1. The average molecular weight is 702 g/mol. The van der Waals surface area contributed by atoms with Crippen molar-refractivity contribution >= 4 is 11.6 Å². The predicted molar refractivity (Wildman–Crippen MR) is 198 cm³/mol. The van der Waals surface area contributed by atoms with E-state index in [0.717, 1.165) is 55.3 Å². The molecule has 1 aromatic carbocycles. The number of aliphatic hydroxyl groups is 2. The third-order valence-corrected chi connectivity index (χ3v) is 12.8. The summed E-state index contributed by atoms with van der Waals surface area (Å²) >= 11 is 0. The zero-order chi connectivity index (χ0) is 36.0. The number of aromatic hydroxyl groups is 1. The summed E-state index contributed by atoms with van der Waals surface area (Å²) in [6.07, 6.45) is 16.6. The first kappa shape index (κ1) is 37.4. The average Bonchev–Trinajstić information content (AvgIpc) is 3.62. The SMILES string of the molecule is COc1cc2c(cc1O)[C@H](CC[C@H](O)CCC1=CCNC(N)=C1)C#C[C@H]([C@H](O)CCCC1([C@@H]3CN[C@@H]4CC(=O)CC[C@@H]4C3)CCCC1)C(=O)CC2. The summed E-state index contributed by atoms with van der Waals surface area (Å²) < 4.78 is 5.41. The van der Waals surface area contributed by atoms with Gasteiger partial charge in [0.1, 0.15) is 11.7 Å². The zero-order valence-electron chi connectivity index (χ0n) is 30.4. The van der Waals surface area contributed by atoms with Gasteiger partial charge in [-0.3, -0.25) is 9.59 Å². The van der Waals surface area contributed by atoms with Crippen LogP contribution in [-0.2, 0) is 16.0 Å². The Balaban J connectivity index is 1.12. The van der Waals surface area contributed by atoms with Crippen LogP contribution in [0.25, 0.3) is 0 Å². The van der Waals surface area contributed by atoms with Gasteiger partial charge >= 0.3 is 0 Å². The molecule has 0 bridgehead atoms. The number of allylic oxidation sites excluding steroid dienone is 2. The van der Waals surface area contributed by atoms with E-state index in [1.54, 1.807) is 12.1 Å². The Morgan fingerprint density at radius 1 is 1.08 bits per heavy atom. The summed E-state index contributed by atoms with van der Waals surface area (Å²) in [5.41, 5.74) is 9.03. The fourth-order valence-corrected chi connectivity index (χ4v) is 9.81. The van der Waals surface area contributed by atoms with Gasteiger partial charge in [0, 0.05) is 37.8 Å². The second kappa shape index (κ2) is 17.0. The van der Waals surface area contributed by atoms with Gasteiger partial charge in [-0.15, -0.1) is 0 Å². The summed E-state index contributed by atoms with van der Waals surface area (Å²) in [7, 11) is 1.51. The van der Waals surface area contributed by atoms with E-state index in [4.69, 9.17) is 10.5 Å². The minimum atomic E-state index is -0.851. The third-order valence-electron chi connectivity index (χ3n) is 12.8. The molecule has 0 unspecified atom stereocenters. The van der Waals surface area contributed by atoms with Crippen molar-refractivity contribution in [2.24, 2.45) is 28.9 Å². The number of piperidine rings is 1. The van der Waals surface area contributed by atoms with Gasteiger partial charge in [0.15, 0.2) is 17.3 Å². The fourth-order valence-electron chi connectivity index (χ4n) is 9.81. The van der Waals surface area contributed by atoms with Crippen LogP contribution in [-0.4, -0.2) is 65.3 Å². The van der Waals surface area contributed by atoms with E-state index in [0.29, 0.717) is 80.3 Å². The van der Waals surface area contributed by atoms with Gasteiger partial charge in [-0.1, -0.05) is 37.2 Å². The summed E-state index contributed by atoms with van der Waals surface area (Å²) in [6, 6.07) is 3.84. The standard InChI is InChI=1S/C42H59N3O6/c1-51-40-23-29-10-15-38(49)34(14-9-28(35(29)25-39(40)50)7-12-32(46)11-6-27-16-20-44-41(43)21-27)37(48)5-4-19-42(17-2-3-18-42)31-22-30-8-13-33(47)24-36(30)45-26-31/h16,21,23,25,28,30-32,34,36-37,44-46,48,50H,2-8,10-13,15,17-20,22,24,26,43H2,1H3/t28-,30-,31+,32-,34-,36-,37-/m1/s1. The number of nitrogens with one attached hydrogen (secondary N) is 2. The Bertz CT molecular complexity index is 1530. The highest BCUT2D eigenvalue weighted by atomic mass is 16.5. The fraction of sp³-hybridized carbons (Fsp3) is 0.667. The number of fused-ring (bicyclic) bond motifs is 2. The molecule has 2 aliphatic heterocycles. The van der Waals surface area contributed by atoms with Crippen molar-refractivity contribution in [3.05, 3.63) is 46.8 Å². The third kappa shape index (κ3) is 9.19. The van der Waals surface area contributed by atoms with Crippen molar-refractivity contribution in [1.82, 2.24) is 10.6 Å². The molecule has 3 aliphatic carbocycles. The Morgan fingerprint density at radius 2 is 1.90 bits per heavy atom. The molecule has 3 fully saturated rings. The maximum absolute atomic E-state index is 13.7. The van der Waals surface area contributed by atoms with Crippen molar-refractivity contribution in [3.63, 3.8) is 0 Å². The highest BCUT2D eigenvalue weighted by Gasteiger charge is 2.45. The van der Waals surface area contributed by atoms with Gasteiger partial charge < -0.3 is 36.4 Å². The molecule has 7 N–H and O–H groups in total. The van der Waals surface area contributed by atoms with E-state index >= 15 is 0 Å². The van der Waals surface area contributed by atoms with Crippen molar-refractivity contribution in [2.75, 3.05) is 20.2 Å². The lowest BCUT2D eigenvalue weighted by atomic mass is 9.63. The number of ketones is 2. The topological polar surface area (TPSA) is 154 Å². The van der Waals surface area contributed by atoms with E-state index in [9.17, 15) is 24.9 Å². The molecule has 2 heterocycles. The summed E-state index contributed by atoms with van der Waals surface area (Å²) in [5, 5.41) is 40.1. The number of methoxy groups -OCH3 is 1. The molecule has 278 valence electrons. The first-order valence-electron chi connectivity index (χ1n) is 19.6. The van der Waals surface area contributed by atoms with Crippen molar-refractivity contribution < 1.29 is 29.6 Å². The molecule has 2 saturated carbocycles. The van der Waals surface area contributed by atoms with Crippen LogP contribution in [0.15, 0.2) is 35.7 Å². The van der Waals surface area contributed by atoms with Crippen LogP contribution in [0.2, 0.25) is 0 Å². The van der Waals surface area contributed by atoms with Crippen LogP contribution in [0.1, 0.15) is 120 Å². The van der Waals surface area contributed by atoms with Gasteiger partial charge in [-0.25, -0.2) is 0 Å². The molecular formula is C42H59N3O6. The number of aryl methyl sites for hydroxylation is 1. The summed E-state index contributed by atoms with van der Waals surface area (Å²) in [5.74, 6) is 8.02. The number of hydrogen-bond donors (Lipinski definition) is 6. The number of carbonyl (C=O) groups excluding carboxylic acids is 2. The Morgan fingerprint density at radius 3 is 2.69 bits per heavy atom. The van der Waals surface area contributed by atoms with Crippen molar-refractivity contribution in [3.8, 4) is 23.3 Å². The normalized spacial score (nSPS) is 28.6. The molecule has 0 aromatic heterocycles. The molecule has 51 heavy (non-hydrogen) atoms. The molecule has 9 heteroatoms. The lowest BCUT2D eigenvalue weighted by Crippen LogP contribution is -2.52. The number of phenols is 1. The molecule has 1 saturated heterocycles. The maximum Gasteiger partial charge on any atom is 0.160 e. The number of carbonyl (C=O) groups is 2. The van der Waals surface area contributed by atoms with Crippen LogP contribution < -0.4 is 21.1 Å². The van der Waals surface area contributed by atoms with E-state index in [1.165, 1.54) is 39.2 Å². The molecule has 7 atom stereocenters. The number of phenolic OH excluding ortho intramolecular Hbond substituents is 1. The monoisotopic (exact) mass is 701 g/mol. The van der Waals surface area contributed by atoms with Gasteiger partial charge in [0.2, 0.25) is 0 Å². The quantitative estimate of drug-likeness (QED) is 0.150. The Hall–Kier alpha value is -3.32. The van der Waals surface area contributed by atoms with Crippen LogP contribution in [0.5, 0.6) is 11.5 Å². The number of ether oxygens (including phenoxy) is 1. The molecule has 0 amide bonds. The molecule has 9 nitrogen and oxygen atoms in total. The maximum atomic E-state index is 13.7.